The van der Waals surface area contributed by atoms with Gasteiger partial charge in [0.2, 0.25) is 0 Å². The third-order valence-corrected chi connectivity index (χ3v) is 4.07. The number of rotatable bonds is 4. The van der Waals surface area contributed by atoms with Crippen molar-refractivity contribution in [1.82, 2.24) is 5.32 Å². The van der Waals surface area contributed by atoms with Gasteiger partial charge in [-0.05, 0) is 42.3 Å². The van der Waals surface area contributed by atoms with Crippen LogP contribution in [0.4, 0.5) is 4.39 Å². The molecule has 2 aromatic rings. The lowest BCUT2D eigenvalue weighted by Crippen LogP contribution is -2.46. The normalized spacial score (nSPS) is 16.3. The summed E-state index contributed by atoms with van der Waals surface area (Å²) < 4.78 is 19.9. The van der Waals surface area contributed by atoms with E-state index >= 15 is 0 Å². The standard InChI is InChI=1S/C17H17ClFNO/c1-11-3-2-4-14(7-11)21-17(13-9-20-10-13)12-5-6-15(18)16(19)8-12/h2-8,13,17,20H,9-10H2,1H3. The Hall–Kier alpha value is -1.58. The van der Waals surface area contributed by atoms with Gasteiger partial charge in [0.15, 0.2) is 0 Å². The first-order valence-corrected chi connectivity index (χ1v) is 7.40. The van der Waals surface area contributed by atoms with Crippen LogP contribution in [0.1, 0.15) is 17.2 Å². The van der Waals surface area contributed by atoms with Gasteiger partial charge in [-0.15, -0.1) is 0 Å². The molecule has 2 aromatic carbocycles. The van der Waals surface area contributed by atoms with Crippen molar-refractivity contribution in [3.05, 3.63) is 64.4 Å². The summed E-state index contributed by atoms with van der Waals surface area (Å²) in [6, 6.07) is 12.8. The predicted octanol–water partition coefficient (Wildman–Crippen LogP) is 4.13. The SMILES string of the molecule is Cc1cccc(OC(c2ccc(Cl)c(F)c2)C2CNC2)c1. The molecule has 4 heteroatoms. The van der Waals surface area contributed by atoms with Crippen LogP contribution >= 0.6 is 11.6 Å². The Morgan fingerprint density at radius 3 is 2.67 bits per heavy atom. The lowest BCUT2D eigenvalue weighted by atomic mass is 9.90. The Balaban J connectivity index is 1.88. The predicted molar refractivity (Wildman–Crippen MR) is 82.3 cm³/mol. The minimum absolute atomic E-state index is 0.139. The molecule has 0 radical (unpaired) electrons. The lowest BCUT2D eigenvalue weighted by Gasteiger charge is -2.35. The Bertz CT molecular complexity index is 642. The Labute approximate surface area is 128 Å². The molecule has 0 amide bonds. The summed E-state index contributed by atoms with van der Waals surface area (Å²) in [4.78, 5) is 0. The average molecular weight is 306 g/mol. The summed E-state index contributed by atoms with van der Waals surface area (Å²) in [5.74, 6) is 0.743. The van der Waals surface area contributed by atoms with Crippen LogP contribution in [-0.2, 0) is 0 Å². The van der Waals surface area contributed by atoms with Crippen LogP contribution in [0, 0.1) is 18.7 Å². The van der Waals surface area contributed by atoms with Gasteiger partial charge in [0, 0.05) is 19.0 Å². The van der Waals surface area contributed by atoms with Crippen LogP contribution < -0.4 is 10.1 Å². The number of nitrogens with one attached hydrogen (secondary N) is 1. The third kappa shape index (κ3) is 3.20. The highest BCUT2D eigenvalue weighted by molar-refractivity contribution is 6.30. The highest BCUT2D eigenvalue weighted by Crippen LogP contribution is 2.32. The van der Waals surface area contributed by atoms with Crippen molar-refractivity contribution in [3.63, 3.8) is 0 Å². The summed E-state index contributed by atoms with van der Waals surface area (Å²) in [6.07, 6.45) is -0.167. The van der Waals surface area contributed by atoms with Crippen molar-refractivity contribution in [2.75, 3.05) is 13.1 Å². The van der Waals surface area contributed by atoms with Crippen LogP contribution in [-0.4, -0.2) is 13.1 Å². The third-order valence-electron chi connectivity index (χ3n) is 3.77. The first kappa shape index (κ1) is 14.4. The van der Waals surface area contributed by atoms with Crippen LogP contribution in [0.15, 0.2) is 42.5 Å². The molecule has 1 aliphatic heterocycles. The van der Waals surface area contributed by atoms with Crippen LogP contribution in [0.5, 0.6) is 5.75 Å². The Kier molecular flexibility index (Phi) is 4.13. The maximum absolute atomic E-state index is 13.7. The zero-order valence-corrected chi connectivity index (χ0v) is 12.5. The van der Waals surface area contributed by atoms with E-state index in [1.807, 2.05) is 37.3 Å². The van der Waals surface area contributed by atoms with Crippen molar-refractivity contribution in [2.24, 2.45) is 5.92 Å². The lowest BCUT2D eigenvalue weighted by molar-refractivity contribution is 0.0990. The van der Waals surface area contributed by atoms with E-state index in [0.29, 0.717) is 5.92 Å². The molecule has 1 unspecified atom stereocenters. The second kappa shape index (κ2) is 6.04. The molecule has 1 saturated heterocycles. The molecule has 1 heterocycles. The molecule has 0 spiro atoms. The molecule has 0 aliphatic carbocycles. The summed E-state index contributed by atoms with van der Waals surface area (Å²) in [5, 5.41) is 3.37. The number of hydrogen-bond acceptors (Lipinski definition) is 2. The van der Waals surface area contributed by atoms with E-state index in [-0.39, 0.29) is 11.1 Å². The topological polar surface area (TPSA) is 21.3 Å². The van der Waals surface area contributed by atoms with Gasteiger partial charge in [-0.1, -0.05) is 29.8 Å². The van der Waals surface area contributed by atoms with Crippen LogP contribution in [0.2, 0.25) is 5.02 Å². The Morgan fingerprint density at radius 2 is 2.05 bits per heavy atom. The molecule has 2 nitrogen and oxygen atoms in total. The van der Waals surface area contributed by atoms with E-state index in [9.17, 15) is 4.39 Å². The molecular formula is C17H17ClFNO. The van der Waals surface area contributed by atoms with Gasteiger partial charge in [-0.3, -0.25) is 0 Å². The first-order chi connectivity index (χ1) is 10.1. The molecule has 110 valence electrons. The number of benzene rings is 2. The number of aryl methyl sites for hydroxylation is 1. The van der Waals surface area contributed by atoms with E-state index in [4.69, 9.17) is 16.3 Å². The van der Waals surface area contributed by atoms with E-state index in [0.717, 1.165) is 30.0 Å². The molecular weight excluding hydrogens is 289 g/mol. The van der Waals surface area contributed by atoms with E-state index in [1.54, 1.807) is 6.07 Å². The van der Waals surface area contributed by atoms with Crippen molar-refractivity contribution < 1.29 is 9.13 Å². The van der Waals surface area contributed by atoms with Gasteiger partial charge in [0.1, 0.15) is 17.7 Å². The molecule has 1 fully saturated rings. The second-order valence-corrected chi connectivity index (χ2v) is 5.85. The molecule has 21 heavy (non-hydrogen) atoms. The van der Waals surface area contributed by atoms with Gasteiger partial charge < -0.3 is 10.1 Å². The minimum atomic E-state index is -0.403. The van der Waals surface area contributed by atoms with Gasteiger partial charge >= 0.3 is 0 Å². The summed E-state index contributed by atoms with van der Waals surface area (Å²) in [7, 11) is 0. The maximum atomic E-state index is 13.7. The minimum Gasteiger partial charge on any atom is -0.485 e. The maximum Gasteiger partial charge on any atom is 0.142 e. The van der Waals surface area contributed by atoms with Gasteiger partial charge in [-0.2, -0.15) is 0 Å². The molecule has 1 atom stereocenters. The van der Waals surface area contributed by atoms with Crippen molar-refractivity contribution in [3.8, 4) is 5.75 Å². The molecule has 0 aromatic heterocycles. The van der Waals surface area contributed by atoms with E-state index in [1.165, 1.54) is 6.07 Å². The van der Waals surface area contributed by atoms with Crippen molar-refractivity contribution in [1.29, 1.82) is 0 Å². The molecule has 1 aliphatic rings. The fourth-order valence-corrected chi connectivity index (χ4v) is 2.60. The largest absolute Gasteiger partial charge is 0.485 e. The quantitative estimate of drug-likeness (QED) is 0.917. The van der Waals surface area contributed by atoms with E-state index in [2.05, 4.69) is 5.32 Å². The summed E-state index contributed by atoms with van der Waals surface area (Å²) in [5.41, 5.74) is 1.96. The molecule has 0 bridgehead atoms. The fourth-order valence-electron chi connectivity index (χ4n) is 2.49. The average Bonchev–Trinajstić information content (AvgIpc) is 2.39. The van der Waals surface area contributed by atoms with Gasteiger partial charge in [0.05, 0.1) is 5.02 Å². The fraction of sp³-hybridized carbons (Fsp3) is 0.294. The molecule has 0 saturated carbocycles. The van der Waals surface area contributed by atoms with Gasteiger partial charge in [-0.25, -0.2) is 4.39 Å². The highest BCUT2D eigenvalue weighted by Gasteiger charge is 2.30. The summed E-state index contributed by atoms with van der Waals surface area (Å²) >= 11 is 5.77. The Morgan fingerprint density at radius 1 is 1.24 bits per heavy atom. The van der Waals surface area contributed by atoms with E-state index < -0.39 is 5.82 Å². The summed E-state index contributed by atoms with van der Waals surface area (Å²) in [6.45, 7) is 3.77. The number of halogens is 2. The smallest absolute Gasteiger partial charge is 0.142 e. The first-order valence-electron chi connectivity index (χ1n) is 7.02. The van der Waals surface area contributed by atoms with Crippen LogP contribution in [0.25, 0.3) is 0 Å². The molecule has 3 rings (SSSR count). The highest BCUT2D eigenvalue weighted by atomic mass is 35.5. The van der Waals surface area contributed by atoms with Crippen molar-refractivity contribution in [2.45, 2.75) is 13.0 Å². The zero-order chi connectivity index (χ0) is 14.8. The molecule has 1 N–H and O–H groups in total. The van der Waals surface area contributed by atoms with Gasteiger partial charge in [0.25, 0.3) is 0 Å². The number of ether oxygens (including phenoxy) is 1. The zero-order valence-electron chi connectivity index (χ0n) is 11.8. The second-order valence-electron chi connectivity index (χ2n) is 5.45. The van der Waals surface area contributed by atoms with Crippen LogP contribution in [0.3, 0.4) is 0 Å². The number of hydrogen-bond donors (Lipinski definition) is 1. The van der Waals surface area contributed by atoms with Crippen molar-refractivity contribution >= 4 is 11.6 Å². The monoisotopic (exact) mass is 305 g/mol.